The molecule has 4 aromatic carbocycles. The van der Waals surface area contributed by atoms with Gasteiger partial charge in [-0.15, -0.1) is 0 Å². The van der Waals surface area contributed by atoms with E-state index in [-0.39, 0.29) is 10.8 Å². The van der Waals surface area contributed by atoms with E-state index in [4.69, 9.17) is 19.6 Å². The quantitative estimate of drug-likeness (QED) is 0.161. The van der Waals surface area contributed by atoms with Gasteiger partial charge in [-0.3, -0.25) is 4.57 Å². The first-order valence-electron chi connectivity index (χ1n) is 17.9. The van der Waals surface area contributed by atoms with Crippen molar-refractivity contribution < 1.29 is 9.47 Å². The van der Waals surface area contributed by atoms with Gasteiger partial charge in [-0.25, -0.2) is 9.67 Å². The van der Waals surface area contributed by atoms with Crippen molar-refractivity contribution in [2.45, 2.75) is 79.1 Å². The highest BCUT2D eigenvalue weighted by Crippen LogP contribution is 2.41. The molecule has 0 aliphatic carbocycles. The van der Waals surface area contributed by atoms with E-state index in [0.717, 1.165) is 63.3 Å². The molecule has 7 aromatic rings. The lowest BCUT2D eigenvalue weighted by Crippen LogP contribution is -2.16. The van der Waals surface area contributed by atoms with Gasteiger partial charge in [-0.2, -0.15) is 5.10 Å². The van der Waals surface area contributed by atoms with E-state index in [1.807, 2.05) is 41.2 Å². The number of hydrogen-bond donors (Lipinski definition) is 0. The Bertz CT molecular complexity index is 2350. The van der Waals surface area contributed by atoms with E-state index in [0.29, 0.717) is 11.6 Å². The average Bonchev–Trinajstić information content (AvgIpc) is 3.61. The Morgan fingerprint density at radius 1 is 0.706 bits per heavy atom. The number of ether oxygens (including phenoxy) is 2. The Kier molecular flexibility index (Phi) is 8.74. The van der Waals surface area contributed by atoms with Gasteiger partial charge in [0.15, 0.2) is 0 Å². The Hall–Kier alpha value is -5.36. The molecule has 6 nitrogen and oxygen atoms in total. The normalized spacial score (nSPS) is 12.2. The summed E-state index contributed by atoms with van der Waals surface area (Å²) >= 11 is 0. The van der Waals surface area contributed by atoms with Crippen LogP contribution >= 0.6 is 0 Å². The number of aromatic nitrogens is 4. The van der Waals surface area contributed by atoms with Gasteiger partial charge in [0, 0.05) is 29.1 Å². The summed E-state index contributed by atoms with van der Waals surface area (Å²) in [7, 11) is 1.72. The molecule has 7 rings (SSSR count). The number of para-hydroxylation sites is 1. The van der Waals surface area contributed by atoms with Crippen molar-refractivity contribution in [3.8, 4) is 40.0 Å². The molecule has 3 aromatic heterocycles. The highest BCUT2D eigenvalue weighted by atomic mass is 16.5. The minimum Gasteiger partial charge on any atom is -0.480 e. The third kappa shape index (κ3) is 6.51. The number of hydrogen-bond acceptors (Lipinski definition) is 4. The number of aryl methyl sites for hydroxylation is 2. The average molecular weight is 677 g/mol. The summed E-state index contributed by atoms with van der Waals surface area (Å²) in [4.78, 5) is 4.80. The molecule has 260 valence electrons. The number of rotatable bonds is 8. The van der Waals surface area contributed by atoms with Crippen LogP contribution in [0.3, 0.4) is 0 Å². The largest absolute Gasteiger partial charge is 0.480 e. The van der Waals surface area contributed by atoms with Crippen LogP contribution in [0.2, 0.25) is 0 Å². The van der Waals surface area contributed by atoms with Gasteiger partial charge in [0.1, 0.15) is 17.3 Å². The highest BCUT2D eigenvalue weighted by molar-refractivity contribution is 6.09. The molecule has 0 aliphatic heterocycles. The van der Waals surface area contributed by atoms with Gasteiger partial charge in [0.25, 0.3) is 0 Å². The Labute approximate surface area is 301 Å². The molecule has 51 heavy (non-hydrogen) atoms. The maximum Gasteiger partial charge on any atom is 0.224 e. The summed E-state index contributed by atoms with van der Waals surface area (Å²) in [6, 6.07) is 34.0. The van der Waals surface area contributed by atoms with Crippen LogP contribution < -0.4 is 9.47 Å². The number of fused-ring (bicyclic) bond motifs is 3. The van der Waals surface area contributed by atoms with Crippen LogP contribution in [0.15, 0.2) is 103 Å². The minimum atomic E-state index is -0.00814. The van der Waals surface area contributed by atoms with E-state index in [1.54, 1.807) is 7.11 Å². The molecule has 0 amide bonds. The second-order valence-corrected chi connectivity index (χ2v) is 15.6. The summed E-state index contributed by atoms with van der Waals surface area (Å²) in [6.07, 6.45) is 4.01. The van der Waals surface area contributed by atoms with Crippen molar-refractivity contribution in [2.24, 2.45) is 0 Å². The summed E-state index contributed by atoms with van der Waals surface area (Å²) in [5, 5.41) is 7.36. The van der Waals surface area contributed by atoms with Gasteiger partial charge in [-0.1, -0.05) is 97.4 Å². The predicted octanol–water partition coefficient (Wildman–Crippen LogP) is 11.7. The van der Waals surface area contributed by atoms with E-state index < -0.39 is 0 Å². The topological polar surface area (TPSA) is 54.1 Å². The molecule has 3 heterocycles. The lowest BCUT2D eigenvalue weighted by molar-refractivity contribution is 0.385. The van der Waals surface area contributed by atoms with Crippen LogP contribution in [-0.2, 0) is 17.3 Å². The SMILES string of the molecule is CCCc1ccnc(-n2c3ccccc3c3ccc(Oc4cccc(-n5nc(C)c(-c6cc(C(C)(C)C)cc(C(C)(C)C)c6)c5OC)c4)cc32)c1. The highest BCUT2D eigenvalue weighted by Gasteiger charge is 2.25. The number of nitrogens with zero attached hydrogens (tertiary/aromatic N) is 4. The Balaban J connectivity index is 1.28. The van der Waals surface area contributed by atoms with Crippen molar-refractivity contribution in [2.75, 3.05) is 7.11 Å². The van der Waals surface area contributed by atoms with Crippen LogP contribution in [0.4, 0.5) is 0 Å². The fourth-order valence-electron chi connectivity index (χ4n) is 6.94. The Morgan fingerprint density at radius 2 is 1.41 bits per heavy atom. The molecule has 0 fully saturated rings. The second-order valence-electron chi connectivity index (χ2n) is 15.6. The maximum absolute atomic E-state index is 6.58. The van der Waals surface area contributed by atoms with Gasteiger partial charge in [0.2, 0.25) is 5.88 Å². The van der Waals surface area contributed by atoms with Crippen molar-refractivity contribution in [3.63, 3.8) is 0 Å². The summed E-state index contributed by atoms with van der Waals surface area (Å²) in [6.45, 7) is 17.8. The van der Waals surface area contributed by atoms with Crippen LogP contribution in [0.1, 0.15) is 77.3 Å². The van der Waals surface area contributed by atoms with E-state index in [9.17, 15) is 0 Å². The first-order chi connectivity index (χ1) is 24.4. The molecule has 0 saturated heterocycles. The van der Waals surface area contributed by atoms with Gasteiger partial charge >= 0.3 is 0 Å². The molecule has 6 heteroatoms. The summed E-state index contributed by atoms with van der Waals surface area (Å²) in [5.41, 5.74) is 9.87. The lowest BCUT2D eigenvalue weighted by Gasteiger charge is -2.26. The van der Waals surface area contributed by atoms with E-state index >= 15 is 0 Å². The molecule has 0 unspecified atom stereocenters. The number of benzene rings is 4. The van der Waals surface area contributed by atoms with Crippen LogP contribution in [0, 0.1) is 6.92 Å². The fourth-order valence-corrected chi connectivity index (χ4v) is 6.94. The lowest BCUT2D eigenvalue weighted by atomic mass is 9.79. The van der Waals surface area contributed by atoms with Crippen molar-refractivity contribution in [1.82, 2.24) is 19.3 Å². The smallest absolute Gasteiger partial charge is 0.224 e. The first-order valence-corrected chi connectivity index (χ1v) is 17.9. The van der Waals surface area contributed by atoms with E-state index in [2.05, 4.69) is 127 Å². The molecular formula is C45H48N4O2. The third-order valence-electron chi connectivity index (χ3n) is 9.69. The monoisotopic (exact) mass is 676 g/mol. The van der Waals surface area contributed by atoms with Gasteiger partial charge < -0.3 is 9.47 Å². The summed E-state index contributed by atoms with van der Waals surface area (Å²) < 4.78 is 16.8. The minimum absolute atomic E-state index is 0.00814. The van der Waals surface area contributed by atoms with Crippen molar-refractivity contribution in [3.05, 3.63) is 126 Å². The molecule has 0 radical (unpaired) electrons. The third-order valence-corrected chi connectivity index (χ3v) is 9.69. The van der Waals surface area contributed by atoms with Gasteiger partial charge in [-0.05, 0) is 88.9 Å². The molecular weight excluding hydrogens is 629 g/mol. The summed E-state index contributed by atoms with van der Waals surface area (Å²) in [5.74, 6) is 3.05. The zero-order chi connectivity index (χ0) is 36.1. The second kappa shape index (κ2) is 13.1. The standard InChI is InChI=1S/C45H48N4O2/c1-10-14-30-21-22-46-41(23-30)48-39-18-12-11-17-37(39)38-20-19-36(28-40(38)48)51-35-16-13-15-34(27-35)49-43(50-9)42(29(2)47-49)31-24-32(44(3,4)5)26-33(25-31)45(6,7)8/h11-13,15-28H,10,14H2,1-9H3. The van der Waals surface area contributed by atoms with Crippen LogP contribution in [0.25, 0.3) is 44.4 Å². The molecule has 0 N–H and O–H groups in total. The molecule has 0 atom stereocenters. The maximum atomic E-state index is 6.58. The van der Waals surface area contributed by atoms with Crippen LogP contribution in [-0.4, -0.2) is 26.4 Å². The number of pyridine rings is 1. The zero-order valence-electron chi connectivity index (χ0n) is 31.3. The zero-order valence-corrected chi connectivity index (χ0v) is 31.3. The van der Waals surface area contributed by atoms with Gasteiger partial charge in [0.05, 0.1) is 35.1 Å². The van der Waals surface area contributed by atoms with Crippen molar-refractivity contribution >= 4 is 21.8 Å². The number of methoxy groups -OCH3 is 1. The molecule has 0 saturated carbocycles. The first kappa shape index (κ1) is 34.1. The Morgan fingerprint density at radius 3 is 2.12 bits per heavy atom. The van der Waals surface area contributed by atoms with Crippen molar-refractivity contribution in [1.29, 1.82) is 0 Å². The molecule has 0 bridgehead atoms. The molecule has 0 aliphatic rings. The predicted molar refractivity (Wildman–Crippen MR) is 210 cm³/mol. The van der Waals surface area contributed by atoms with E-state index in [1.165, 1.54) is 22.1 Å². The molecule has 0 spiro atoms. The fraction of sp³-hybridized carbons (Fsp3) is 0.289. The van der Waals surface area contributed by atoms with Crippen LogP contribution in [0.5, 0.6) is 17.4 Å².